The first-order valence-corrected chi connectivity index (χ1v) is 7.29. The summed E-state index contributed by atoms with van der Waals surface area (Å²) < 4.78 is 6.59. The van der Waals surface area contributed by atoms with Crippen molar-refractivity contribution in [1.82, 2.24) is 15.1 Å². The van der Waals surface area contributed by atoms with Crippen molar-refractivity contribution in [3.05, 3.63) is 47.8 Å². The molecule has 1 aromatic carbocycles. The van der Waals surface area contributed by atoms with E-state index in [1.165, 1.54) is 0 Å². The van der Waals surface area contributed by atoms with Gasteiger partial charge in [-0.2, -0.15) is 5.10 Å². The Morgan fingerprint density at radius 2 is 2.12 bits per heavy atom. The van der Waals surface area contributed by atoms with Crippen LogP contribution in [0.5, 0.6) is 0 Å². The van der Waals surface area contributed by atoms with Crippen LogP contribution < -0.4 is 10.6 Å². The van der Waals surface area contributed by atoms with Crippen LogP contribution in [0.2, 0.25) is 0 Å². The van der Waals surface area contributed by atoms with Gasteiger partial charge >= 0.3 is 5.97 Å². The first-order valence-electron chi connectivity index (χ1n) is 7.29. The molecule has 1 amide bonds. The molecule has 1 aromatic heterocycles. The quantitative estimate of drug-likeness (QED) is 0.776. The van der Waals surface area contributed by atoms with Crippen LogP contribution in [0, 0.1) is 0 Å². The molecule has 2 N–H and O–H groups in total. The first kappa shape index (κ1) is 19.7. The maximum absolute atomic E-state index is 12.4. The molecule has 0 aliphatic heterocycles. The summed E-state index contributed by atoms with van der Waals surface area (Å²) in [6, 6.07) is 6.11. The number of carbonyl (C=O) groups is 2. The number of aryl methyl sites for hydroxylation is 1. The lowest BCUT2D eigenvalue weighted by molar-refractivity contribution is -0.118. The number of rotatable bonds is 6. The zero-order chi connectivity index (χ0) is 16.8. The van der Waals surface area contributed by atoms with Crippen molar-refractivity contribution < 1.29 is 14.3 Å². The second-order valence-electron chi connectivity index (χ2n) is 4.96. The summed E-state index contributed by atoms with van der Waals surface area (Å²) in [6.45, 7) is 2.05. The highest BCUT2D eigenvalue weighted by molar-refractivity contribution is 5.97. The molecule has 0 saturated carbocycles. The summed E-state index contributed by atoms with van der Waals surface area (Å²) in [4.78, 5) is 24.2. The van der Waals surface area contributed by atoms with Gasteiger partial charge in [-0.05, 0) is 32.2 Å². The Morgan fingerprint density at radius 3 is 2.71 bits per heavy atom. The van der Waals surface area contributed by atoms with E-state index in [4.69, 9.17) is 4.74 Å². The largest absolute Gasteiger partial charge is 0.462 e. The van der Waals surface area contributed by atoms with E-state index in [9.17, 15) is 9.59 Å². The van der Waals surface area contributed by atoms with E-state index in [2.05, 4.69) is 15.7 Å². The second kappa shape index (κ2) is 9.05. The second-order valence-corrected chi connectivity index (χ2v) is 4.96. The monoisotopic (exact) mass is 352 g/mol. The fourth-order valence-corrected chi connectivity index (χ4v) is 2.19. The van der Waals surface area contributed by atoms with E-state index in [0.717, 1.165) is 5.56 Å². The minimum absolute atomic E-state index is 0. The third-order valence-electron chi connectivity index (χ3n) is 3.25. The van der Waals surface area contributed by atoms with Crippen molar-refractivity contribution in [2.45, 2.75) is 13.0 Å². The zero-order valence-electron chi connectivity index (χ0n) is 13.8. The van der Waals surface area contributed by atoms with E-state index >= 15 is 0 Å². The molecular weight excluding hydrogens is 332 g/mol. The van der Waals surface area contributed by atoms with Gasteiger partial charge in [-0.25, -0.2) is 4.79 Å². The minimum atomic E-state index is -0.532. The number of nitrogens with zero attached hydrogens (tertiary/aromatic N) is 2. The van der Waals surface area contributed by atoms with Gasteiger partial charge in [0.05, 0.1) is 18.4 Å². The number of likely N-dealkylation sites (N-methyl/N-ethyl adjacent to an activating group) is 1. The first-order chi connectivity index (χ1) is 11.0. The van der Waals surface area contributed by atoms with Crippen molar-refractivity contribution in [3.8, 4) is 0 Å². The van der Waals surface area contributed by atoms with Crippen LogP contribution in [0.1, 0.15) is 28.9 Å². The topological polar surface area (TPSA) is 85.2 Å². The highest BCUT2D eigenvalue weighted by atomic mass is 35.5. The minimum Gasteiger partial charge on any atom is -0.462 e. The molecule has 0 radical (unpaired) electrons. The maximum Gasteiger partial charge on any atom is 0.338 e. The Balaban J connectivity index is 0.00000288. The van der Waals surface area contributed by atoms with E-state index < -0.39 is 12.0 Å². The molecule has 0 spiro atoms. The third-order valence-corrected chi connectivity index (χ3v) is 3.25. The molecule has 130 valence electrons. The Bertz CT molecular complexity index is 702. The molecule has 1 atom stereocenters. The Hall–Kier alpha value is -2.38. The predicted octanol–water partition coefficient (Wildman–Crippen LogP) is 1.92. The summed E-state index contributed by atoms with van der Waals surface area (Å²) in [6.07, 6.45) is 3.41. The molecule has 2 rings (SSSR count). The lowest BCUT2D eigenvalue weighted by Gasteiger charge is -2.15. The normalized spacial score (nSPS) is 11.3. The van der Waals surface area contributed by atoms with Gasteiger partial charge in [0.2, 0.25) is 5.91 Å². The smallest absolute Gasteiger partial charge is 0.338 e. The summed E-state index contributed by atoms with van der Waals surface area (Å²) in [7, 11) is 3.49. The van der Waals surface area contributed by atoms with Crippen LogP contribution >= 0.6 is 12.4 Å². The van der Waals surface area contributed by atoms with Gasteiger partial charge in [0.25, 0.3) is 0 Å². The highest BCUT2D eigenvalue weighted by Gasteiger charge is 2.20. The standard InChI is InChI=1S/C16H20N4O3.ClH/c1-4-23-16(22)11-6-5-7-13(8-11)19-15(21)14(17-2)12-9-18-20(3)10-12;/h5-10,14,17H,4H2,1-3H3,(H,19,21);1H. The van der Waals surface area contributed by atoms with E-state index in [1.54, 1.807) is 62.4 Å². The molecule has 0 aliphatic rings. The number of carbonyl (C=O) groups excluding carboxylic acids is 2. The van der Waals surface area contributed by atoms with Gasteiger partial charge in [-0.15, -0.1) is 12.4 Å². The summed E-state index contributed by atoms with van der Waals surface area (Å²) in [5, 5.41) is 9.81. The van der Waals surface area contributed by atoms with Gasteiger partial charge in [0.15, 0.2) is 0 Å². The average molecular weight is 353 g/mol. The van der Waals surface area contributed by atoms with E-state index in [-0.39, 0.29) is 18.3 Å². The number of esters is 1. The van der Waals surface area contributed by atoms with Crippen LogP contribution in [-0.2, 0) is 16.6 Å². The number of anilines is 1. The lowest BCUT2D eigenvalue weighted by atomic mass is 10.1. The van der Waals surface area contributed by atoms with Crippen LogP contribution in [0.4, 0.5) is 5.69 Å². The molecule has 0 fully saturated rings. The number of nitrogens with one attached hydrogen (secondary N) is 2. The average Bonchev–Trinajstić information content (AvgIpc) is 2.94. The SMILES string of the molecule is CCOC(=O)c1cccc(NC(=O)C(NC)c2cnn(C)c2)c1.Cl. The molecule has 0 aliphatic carbocycles. The maximum atomic E-state index is 12.4. The molecule has 1 unspecified atom stereocenters. The highest BCUT2D eigenvalue weighted by Crippen LogP contribution is 2.16. The Kier molecular flexibility index (Phi) is 7.41. The lowest BCUT2D eigenvalue weighted by Crippen LogP contribution is -2.30. The van der Waals surface area contributed by atoms with Crippen molar-refractivity contribution in [2.75, 3.05) is 19.0 Å². The van der Waals surface area contributed by atoms with Crippen LogP contribution in [0.3, 0.4) is 0 Å². The number of ether oxygens (including phenoxy) is 1. The van der Waals surface area contributed by atoms with Crippen LogP contribution in [-0.4, -0.2) is 35.3 Å². The molecule has 0 bridgehead atoms. The molecule has 24 heavy (non-hydrogen) atoms. The molecule has 1 heterocycles. The van der Waals surface area contributed by atoms with Gasteiger partial charge in [-0.3, -0.25) is 9.48 Å². The third kappa shape index (κ3) is 4.81. The van der Waals surface area contributed by atoms with Crippen molar-refractivity contribution in [2.24, 2.45) is 7.05 Å². The summed E-state index contributed by atoms with van der Waals surface area (Å²) in [5.41, 5.74) is 1.69. The molecule has 7 nitrogen and oxygen atoms in total. The number of halogens is 1. The number of benzene rings is 1. The summed E-state index contributed by atoms with van der Waals surface area (Å²) in [5.74, 6) is -0.650. The van der Waals surface area contributed by atoms with Crippen LogP contribution in [0.15, 0.2) is 36.7 Å². The van der Waals surface area contributed by atoms with E-state index in [1.807, 2.05) is 0 Å². The molecule has 2 aromatic rings. The van der Waals surface area contributed by atoms with Gasteiger partial charge in [-0.1, -0.05) is 6.07 Å². The fraction of sp³-hybridized carbons (Fsp3) is 0.312. The predicted molar refractivity (Wildman–Crippen MR) is 93.3 cm³/mol. The number of aromatic nitrogens is 2. The number of hydrogen-bond donors (Lipinski definition) is 2. The summed E-state index contributed by atoms with van der Waals surface area (Å²) >= 11 is 0. The van der Waals surface area contributed by atoms with Crippen molar-refractivity contribution in [3.63, 3.8) is 0 Å². The van der Waals surface area contributed by atoms with Crippen molar-refractivity contribution >= 4 is 30.0 Å². The Labute approximate surface area is 146 Å². The molecular formula is C16H21ClN4O3. The zero-order valence-corrected chi connectivity index (χ0v) is 14.6. The molecule has 8 heteroatoms. The Morgan fingerprint density at radius 1 is 1.38 bits per heavy atom. The van der Waals surface area contributed by atoms with Gasteiger partial charge in [0, 0.05) is 24.5 Å². The van der Waals surface area contributed by atoms with Crippen molar-refractivity contribution in [1.29, 1.82) is 0 Å². The number of amides is 1. The fourth-order valence-electron chi connectivity index (χ4n) is 2.19. The number of hydrogen-bond acceptors (Lipinski definition) is 5. The van der Waals surface area contributed by atoms with E-state index in [0.29, 0.717) is 17.9 Å². The van der Waals surface area contributed by atoms with Gasteiger partial charge in [0.1, 0.15) is 6.04 Å². The van der Waals surface area contributed by atoms with Gasteiger partial charge < -0.3 is 15.4 Å². The molecule has 0 saturated heterocycles. The van der Waals surface area contributed by atoms with Crippen LogP contribution in [0.25, 0.3) is 0 Å².